The number of benzene rings is 2. The first-order chi connectivity index (χ1) is 15.1. The second-order valence-electron chi connectivity index (χ2n) is 6.99. The minimum atomic E-state index is -3.66. The van der Waals surface area contributed by atoms with Gasteiger partial charge in [0.05, 0.1) is 33.4 Å². The van der Waals surface area contributed by atoms with Gasteiger partial charge in [0, 0.05) is 31.8 Å². The molecule has 0 aliphatic rings. The Balaban J connectivity index is 2.23. The van der Waals surface area contributed by atoms with Crippen molar-refractivity contribution in [2.45, 2.75) is 32.6 Å². The third-order valence-electron chi connectivity index (χ3n) is 4.85. The molecule has 0 bridgehead atoms. The molecular formula is C21H29N5O5S. The molecule has 10 nitrogen and oxygen atoms in total. The fraction of sp³-hybridized carbons (Fsp3) is 0.381. The SMILES string of the molecule is CCNc1ccc(S(=O)(=O)N(CC)CC)cc1NCC(=O)Nc1cc([N+](=O)[O-])ccc1C. The van der Waals surface area contributed by atoms with E-state index in [1.807, 2.05) is 6.92 Å². The van der Waals surface area contributed by atoms with Gasteiger partial charge in [-0.05, 0) is 37.6 Å². The third kappa shape index (κ3) is 5.95. The molecule has 0 fully saturated rings. The molecule has 11 heteroatoms. The number of hydrogen-bond donors (Lipinski definition) is 3. The Morgan fingerprint density at radius 2 is 1.69 bits per heavy atom. The van der Waals surface area contributed by atoms with Crippen LogP contribution in [0.3, 0.4) is 0 Å². The van der Waals surface area contributed by atoms with Crippen molar-refractivity contribution in [3.8, 4) is 0 Å². The molecular weight excluding hydrogens is 434 g/mol. The van der Waals surface area contributed by atoms with Gasteiger partial charge in [0.2, 0.25) is 15.9 Å². The van der Waals surface area contributed by atoms with Gasteiger partial charge in [-0.3, -0.25) is 14.9 Å². The van der Waals surface area contributed by atoms with Crippen LogP contribution in [0.2, 0.25) is 0 Å². The Labute approximate surface area is 188 Å². The van der Waals surface area contributed by atoms with Gasteiger partial charge in [0.1, 0.15) is 0 Å². The molecule has 174 valence electrons. The van der Waals surface area contributed by atoms with Crippen LogP contribution in [0.15, 0.2) is 41.3 Å². The number of aryl methyl sites for hydroxylation is 1. The zero-order valence-corrected chi connectivity index (χ0v) is 19.5. The molecule has 0 radical (unpaired) electrons. The van der Waals surface area contributed by atoms with Crippen LogP contribution in [0.5, 0.6) is 0 Å². The van der Waals surface area contributed by atoms with E-state index < -0.39 is 20.9 Å². The second-order valence-corrected chi connectivity index (χ2v) is 8.92. The third-order valence-corrected chi connectivity index (χ3v) is 6.89. The zero-order chi connectivity index (χ0) is 23.9. The van der Waals surface area contributed by atoms with Gasteiger partial charge in [-0.25, -0.2) is 8.42 Å². The molecule has 0 unspecified atom stereocenters. The number of rotatable bonds is 11. The highest BCUT2D eigenvalue weighted by molar-refractivity contribution is 7.89. The van der Waals surface area contributed by atoms with Crippen LogP contribution < -0.4 is 16.0 Å². The molecule has 0 spiro atoms. The number of nitro groups is 1. The largest absolute Gasteiger partial charge is 0.384 e. The van der Waals surface area contributed by atoms with Crippen LogP contribution in [-0.4, -0.2) is 49.7 Å². The van der Waals surface area contributed by atoms with Crippen molar-refractivity contribution in [3.63, 3.8) is 0 Å². The summed E-state index contributed by atoms with van der Waals surface area (Å²) in [5.74, 6) is -0.423. The maximum atomic E-state index is 12.9. The van der Waals surface area contributed by atoms with Crippen molar-refractivity contribution in [2.75, 3.05) is 42.1 Å². The number of nitrogens with zero attached hydrogens (tertiary/aromatic N) is 2. The summed E-state index contributed by atoms with van der Waals surface area (Å²) in [7, 11) is -3.66. The second kappa shape index (κ2) is 10.9. The number of sulfonamides is 1. The first-order valence-electron chi connectivity index (χ1n) is 10.3. The molecule has 0 heterocycles. The maximum Gasteiger partial charge on any atom is 0.271 e. The highest BCUT2D eigenvalue weighted by Crippen LogP contribution is 2.27. The highest BCUT2D eigenvalue weighted by atomic mass is 32.2. The lowest BCUT2D eigenvalue weighted by Crippen LogP contribution is -2.30. The lowest BCUT2D eigenvalue weighted by molar-refractivity contribution is -0.384. The van der Waals surface area contributed by atoms with Gasteiger partial charge in [-0.2, -0.15) is 4.31 Å². The van der Waals surface area contributed by atoms with E-state index in [0.717, 1.165) is 0 Å². The standard InChI is InChI=1S/C21H29N5O5S/c1-5-22-18-11-10-17(32(30,31)25(6-2)7-3)13-20(18)23-14-21(27)24-19-12-16(26(28)29)9-8-15(19)4/h8-13,22-23H,5-7,14H2,1-4H3,(H,24,27). The van der Waals surface area contributed by atoms with E-state index in [1.54, 1.807) is 32.9 Å². The van der Waals surface area contributed by atoms with Gasteiger partial charge in [0.15, 0.2) is 0 Å². The molecule has 1 amide bonds. The molecule has 0 atom stereocenters. The summed E-state index contributed by atoms with van der Waals surface area (Å²) in [5.41, 5.74) is 2.03. The summed E-state index contributed by atoms with van der Waals surface area (Å²) in [6.07, 6.45) is 0. The van der Waals surface area contributed by atoms with E-state index in [1.165, 1.54) is 28.6 Å². The number of hydrogen-bond acceptors (Lipinski definition) is 7. The molecule has 0 aliphatic carbocycles. The van der Waals surface area contributed by atoms with E-state index in [2.05, 4.69) is 16.0 Å². The number of amides is 1. The van der Waals surface area contributed by atoms with Gasteiger partial charge in [-0.15, -0.1) is 0 Å². The van der Waals surface area contributed by atoms with Crippen LogP contribution in [0.1, 0.15) is 26.3 Å². The Morgan fingerprint density at radius 1 is 1.00 bits per heavy atom. The van der Waals surface area contributed by atoms with Crippen molar-refractivity contribution < 1.29 is 18.1 Å². The van der Waals surface area contributed by atoms with E-state index in [-0.39, 0.29) is 17.1 Å². The minimum Gasteiger partial charge on any atom is -0.384 e. The van der Waals surface area contributed by atoms with Crippen molar-refractivity contribution in [3.05, 3.63) is 52.1 Å². The fourth-order valence-corrected chi connectivity index (χ4v) is 4.60. The fourth-order valence-electron chi connectivity index (χ4n) is 3.12. The Hall–Kier alpha value is -3.18. The van der Waals surface area contributed by atoms with Crippen LogP contribution in [0.25, 0.3) is 0 Å². The Morgan fingerprint density at radius 3 is 2.28 bits per heavy atom. The molecule has 0 aliphatic heterocycles. The Kier molecular flexibility index (Phi) is 8.56. The summed E-state index contributed by atoms with van der Waals surface area (Å²) in [5, 5.41) is 19.7. The van der Waals surface area contributed by atoms with Gasteiger partial charge >= 0.3 is 0 Å². The summed E-state index contributed by atoms with van der Waals surface area (Å²) in [6.45, 7) is 8.33. The lowest BCUT2D eigenvalue weighted by Gasteiger charge is -2.20. The summed E-state index contributed by atoms with van der Waals surface area (Å²) in [4.78, 5) is 23.1. The molecule has 2 aromatic carbocycles. The molecule has 0 saturated heterocycles. The van der Waals surface area contributed by atoms with Crippen molar-refractivity contribution in [1.82, 2.24) is 4.31 Å². The number of non-ortho nitro benzene ring substituents is 1. The first kappa shape index (κ1) is 25.1. The predicted octanol–water partition coefficient (Wildman–Crippen LogP) is 3.42. The first-order valence-corrected chi connectivity index (χ1v) is 11.7. The topological polar surface area (TPSA) is 134 Å². The average Bonchev–Trinajstić information content (AvgIpc) is 2.75. The van der Waals surface area contributed by atoms with Gasteiger partial charge < -0.3 is 16.0 Å². The number of carbonyl (C=O) groups is 1. The van der Waals surface area contributed by atoms with Crippen molar-refractivity contribution in [2.24, 2.45) is 0 Å². The van der Waals surface area contributed by atoms with Crippen LogP contribution in [0.4, 0.5) is 22.7 Å². The average molecular weight is 464 g/mol. The zero-order valence-electron chi connectivity index (χ0n) is 18.6. The minimum absolute atomic E-state index is 0.123. The van der Waals surface area contributed by atoms with E-state index >= 15 is 0 Å². The predicted molar refractivity (Wildman–Crippen MR) is 126 cm³/mol. The quantitative estimate of drug-likeness (QED) is 0.343. The van der Waals surface area contributed by atoms with E-state index in [4.69, 9.17) is 0 Å². The summed E-state index contributed by atoms with van der Waals surface area (Å²) >= 11 is 0. The Bertz CT molecular complexity index is 1080. The van der Waals surface area contributed by atoms with Gasteiger partial charge in [0.25, 0.3) is 5.69 Å². The van der Waals surface area contributed by atoms with Crippen LogP contribution in [0, 0.1) is 17.0 Å². The maximum absolute atomic E-state index is 12.9. The molecule has 0 aromatic heterocycles. The summed E-state index contributed by atoms with van der Waals surface area (Å²) in [6, 6.07) is 8.92. The number of anilines is 3. The lowest BCUT2D eigenvalue weighted by atomic mass is 10.2. The smallest absolute Gasteiger partial charge is 0.271 e. The van der Waals surface area contributed by atoms with E-state index in [9.17, 15) is 23.3 Å². The number of nitrogens with one attached hydrogen (secondary N) is 3. The number of nitro benzene ring substituents is 1. The molecule has 2 aromatic rings. The monoisotopic (exact) mass is 463 g/mol. The van der Waals surface area contributed by atoms with Crippen LogP contribution >= 0.6 is 0 Å². The molecule has 32 heavy (non-hydrogen) atoms. The van der Waals surface area contributed by atoms with Crippen molar-refractivity contribution >= 4 is 38.7 Å². The molecule has 3 N–H and O–H groups in total. The highest BCUT2D eigenvalue weighted by Gasteiger charge is 2.22. The normalized spacial score (nSPS) is 11.3. The van der Waals surface area contributed by atoms with Crippen molar-refractivity contribution in [1.29, 1.82) is 0 Å². The molecule has 0 saturated carbocycles. The van der Waals surface area contributed by atoms with Crippen LogP contribution in [-0.2, 0) is 14.8 Å². The summed E-state index contributed by atoms with van der Waals surface area (Å²) < 4.78 is 27.1. The van der Waals surface area contributed by atoms with E-state index in [0.29, 0.717) is 42.3 Å². The van der Waals surface area contributed by atoms with Gasteiger partial charge in [-0.1, -0.05) is 19.9 Å². The number of carbonyl (C=O) groups excluding carboxylic acids is 1. The molecule has 2 rings (SSSR count).